The first-order valence-electron chi connectivity index (χ1n) is 8.05. The van der Waals surface area contributed by atoms with Gasteiger partial charge in [-0.1, -0.05) is 36.0 Å². The van der Waals surface area contributed by atoms with E-state index in [9.17, 15) is 10.4 Å². The van der Waals surface area contributed by atoms with Crippen molar-refractivity contribution in [2.24, 2.45) is 0 Å². The highest BCUT2D eigenvalue weighted by Crippen LogP contribution is 2.32. The van der Waals surface area contributed by atoms with Crippen molar-refractivity contribution < 1.29 is 5.11 Å². The molecule has 0 unspecified atom stereocenters. The molecule has 27 heavy (non-hydrogen) atoms. The zero-order chi connectivity index (χ0) is 18.6. The predicted molar refractivity (Wildman–Crippen MR) is 113 cm³/mol. The average molecular weight is 408 g/mol. The summed E-state index contributed by atoms with van der Waals surface area (Å²) in [6.45, 7) is 0. The quantitative estimate of drug-likeness (QED) is 0.334. The van der Waals surface area contributed by atoms with Crippen LogP contribution in [0.5, 0.6) is 5.75 Å². The number of aromatic hydroxyl groups is 1. The molecule has 4 aromatic rings. The molecule has 4 rings (SSSR count). The van der Waals surface area contributed by atoms with Crippen molar-refractivity contribution in [2.45, 2.75) is 10.1 Å². The van der Waals surface area contributed by atoms with Gasteiger partial charge in [0.1, 0.15) is 16.8 Å². The Morgan fingerprint density at radius 2 is 1.96 bits per heavy atom. The number of thioether (sulfide) groups is 1. The lowest BCUT2D eigenvalue weighted by molar-refractivity contribution is 0.475. The summed E-state index contributed by atoms with van der Waals surface area (Å²) in [6.07, 6.45) is 1.78. The molecule has 7 heteroatoms. The SMILES string of the molecule is N#CC(=Cc1ccc(O)cc1)c1nc(CSc2nc3ccccc3s2)cs1. The van der Waals surface area contributed by atoms with Crippen LogP contribution in [0.3, 0.4) is 0 Å². The molecule has 0 bridgehead atoms. The van der Waals surface area contributed by atoms with Crippen LogP contribution in [-0.2, 0) is 5.75 Å². The molecule has 2 aromatic carbocycles. The van der Waals surface area contributed by atoms with Crippen molar-refractivity contribution in [3.8, 4) is 11.8 Å². The highest BCUT2D eigenvalue weighted by Gasteiger charge is 2.10. The minimum Gasteiger partial charge on any atom is -0.508 e. The standard InChI is InChI=1S/C20H13N3OS3/c21-10-14(9-13-5-7-16(24)8-6-13)19-22-15(11-25-19)12-26-20-23-17-3-1-2-4-18(17)27-20/h1-9,11,24H,12H2. The number of benzene rings is 2. The summed E-state index contributed by atoms with van der Waals surface area (Å²) in [5.41, 5.74) is 3.32. The first-order valence-corrected chi connectivity index (χ1v) is 10.7. The van der Waals surface area contributed by atoms with Gasteiger partial charge in [0.25, 0.3) is 0 Å². The zero-order valence-electron chi connectivity index (χ0n) is 14.0. The van der Waals surface area contributed by atoms with E-state index in [0.717, 1.165) is 21.1 Å². The highest BCUT2D eigenvalue weighted by molar-refractivity contribution is 8.00. The van der Waals surface area contributed by atoms with Crippen molar-refractivity contribution in [1.29, 1.82) is 5.26 Å². The Labute approximate surface area is 168 Å². The van der Waals surface area contributed by atoms with Gasteiger partial charge in [-0.05, 0) is 35.9 Å². The fraction of sp³-hybridized carbons (Fsp3) is 0.0500. The third kappa shape index (κ3) is 4.19. The van der Waals surface area contributed by atoms with Crippen LogP contribution in [0.25, 0.3) is 21.9 Å². The second-order valence-electron chi connectivity index (χ2n) is 5.64. The van der Waals surface area contributed by atoms with Crippen LogP contribution in [0.2, 0.25) is 0 Å². The Bertz CT molecular complexity index is 1120. The van der Waals surface area contributed by atoms with Gasteiger partial charge < -0.3 is 5.11 Å². The number of allylic oxidation sites excluding steroid dienone is 1. The minimum atomic E-state index is 0.203. The number of aromatic nitrogens is 2. The van der Waals surface area contributed by atoms with Gasteiger partial charge in [0, 0.05) is 11.1 Å². The molecular weight excluding hydrogens is 394 g/mol. The summed E-state index contributed by atoms with van der Waals surface area (Å²) in [5, 5.41) is 21.5. The second kappa shape index (κ2) is 7.92. The van der Waals surface area contributed by atoms with Crippen molar-refractivity contribution in [3.05, 3.63) is 70.2 Å². The largest absolute Gasteiger partial charge is 0.508 e. The van der Waals surface area contributed by atoms with Crippen LogP contribution < -0.4 is 0 Å². The maximum atomic E-state index is 9.48. The number of nitriles is 1. The predicted octanol–water partition coefficient (Wildman–Crippen LogP) is 5.81. The molecule has 0 amide bonds. The Hall–Kier alpha value is -2.66. The van der Waals surface area contributed by atoms with Gasteiger partial charge in [-0.25, -0.2) is 9.97 Å². The Balaban J connectivity index is 1.48. The van der Waals surface area contributed by atoms with Crippen LogP contribution in [0.1, 0.15) is 16.3 Å². The van der Waals surface area contributed by atoms with Crippen molar-refractivity contribution in [1.82, 2.24) is 9.97 Å². The summed E-state index contributed by atoms with van der Waals surface area (Å²) >= 11 is 4.80. The van der Waals surface area contributed by atoms with E-state index in [0.29, 0.717) is 16.3 Å². The number of para-hydroxylation sites is 1. The van der Waals surface area contributed by atoms with E-state index in [1.165, 1.54) is 16.0 Å². The first-order chi connectivity index (χ1) is 13.2. The number of nitrogens with zero attached hydrogens (tertiary/aromatic N) is 3. The molecule has 2 heterocycles. The smallest absolute Gasteiger partial charge is 0.151 e. The van der Waals surface area contributed by atoms with Crippen LogP contribution in [0.15, 0.2) is 58.3 Å². The Morgan fingerprint density at radius 1 is 1.15 bits per heavy atom. The number of phenolic OH excluding ortho intramolecular Hbond substituents is 1. The summed E-state index contributed by atoms with van der Waals surface area (Å²) in [7, 11) is 0. The van der Waals surface area contributed by atoms with Crippen LogP contribution in [0.4, 0.5) is 0 Å². The van der Waals surface area contributed by atoms with E-state index >= 15 is 0 Å². The molecular formula is C20H13N3OS3. The average Bonchev–Trinajstić information content (AvgIpc) is 3.32. The van der Waals surface area contributed by atoms with Gasteiger partial charge in [-0.3, -0.25) is 0 Å². The molecule has 0 aliphatic carbocycles. The van der Waals surface area contributed by atoms with Gasteiger partial charge in [-0.15, -0.1) is 22.7 Å². The Kier molecular flexibility index (Phi) is 5.21. The summed E-state index contributed by atoms with van der Waals surface area (Å²) in [5.74, 6) is 0.919. The van der Waals surface area contributed by atoms with Crippen molar-refractivity contribution >= 4 is 56.3 Å². The number of thiazole rings is 2. The minimum absolute atomic E-state index is 0.203. The van der Waals surface area contributed by atoms with Crippen molar-refractivity contribution in [2.75, 3.05) is 0 Å². The topological polar surface area (TPSA) is 69.8 Å². The zero-order valence-corrected chi connectivity index (χ0v) is 16.4. The number of hydrogen-bond acceptors (Lipinski definition) is 7. The van der Waals surface area contributed by atoms with Crippen molar-refractivity contribution in [3.63, 3.8) is 0 Å². The molecule has 0 aliphatic heterocycles. The van der Waals surface area contributed by atoms with E-state index < -0.39 is 0 Å². The van der Waals surface area contributed by atoms with E-state index in [2.05, 4.69) is 22.1 Å². The van der Waals surface area contributed by atoms with Crippen LogP contribution in [0, 0.1) is 11.3 Å². The second-order valence-corrected chi connectivity index (χ2v) is 8.75. The lowest BCUT2D eigenvalue weighted by Crippen LogP contribution is -1.84. The number of phenols is 1. The summed E-state index contributed by atoms with van der Waals surface area (Å²) in [6, 6.07) is 17.1. The van der Waals surface area contributed by atoms with E-state index in [1.54, 1.807) is 53.4 Å². The molecule has 0 fully saturated rings. The first kappa shape index (κ1) is 17.7. The van der Waals surface area contributed by atoms with E-state index in [1.807, 2.05) is 23.6 Å². The highest BCUT2D eigenvalue weighted by atomic mass is 32.2. The van der Waals surface area contributed by atoms with Gasteiger partial charge in [0.2, 0.25) is 0 Å². The normalized spacial score (nSPS) is 11.6. The third-order valence-corrected chi connectivity index (χ3v) is 6.86. The summed E-state index contributed by atoms with van der Waals surface area (Å²) in [4.78, 5) is 9.22. The maximum absolute atomic E-state index is 9.48. The maximum Gasteiger partial charge on any atom is 0.151 e. The van der Waals surface area contributed by atoms with Gasteiger partial charge in [0.05, 0.1) is 21.5 Å². The molecule has 2 aromatic heterocycles. The fourth-order valence-electron chi connectivity index (χ4n) is 2.42. The van der Waals surface area contributed by atoms with Gasteiger partial charge >= 0.3 is 0 Å². The van der Waals surface area contributed by atoms with E-state index in [4.69, 9.17) is 0 Å². The monoisotopic (exact) mass is 407 g/mol. The Morgan fingerprint density at radius 3 is 2.74 bits per heavy atom. The molecule has 0 saturated carbocycles. The molecule has 1 N–H and O–H groups in total. The third-order valence-electron chi connectivity index (χ3n) is 3.72. The van der Waals surface area contributed by atoms with Crippen LogP contribution >= 0.6 is 34.4 Å². The number of rotatable bonds is 5. The molecule has 0 aliphatic rings. The molecule has 0 radical (unpaired) electrons. The van der Waals surface area contributed by atoms with Gasteiger partial charge in [-0.2, -0.15) is 5.26 Å². The van der Waals surface area contributed by atoms with Gasteiger partial charge in [0.15, 0.2) is 4.34 Å². The summed E-state index contributed by atoms with van der Waals surface area (Å²) < 4.78 is 2.20. The lowest BCUT2D eigenvalue weighted by Gasteiger charge is -1.96. The number of hydrogen-bond donors (Lipinski definition) is 1. The molecule has 4 nitrogen and oxygen atoms in total. The fourth-order valence-corrected chi connectivity index (χ4v) is 5.28. The molecule has 132 valence electrons. The van der Waals surface area contributed by atoms with E-state index in [-0.39, 0.29) is 5.75 Å². The number of fused-ring (bicyclic) bond motifs is 1. The molecule has 0 atom stereocenters. The molecule has 0 saturated heterocycles. The van der Waals surface area contributed by atoms with Crippen LogP contribution in [-0.4, -0.2) is 15.1 Å². The lowest BCUT2D eigenvalue weighted by atomic mass is 10.1. The molecule has 0 spiro atoms.